The summed E-state index contributed by atoms with van der Waals surface area (Å²) in [4.78, 5) is 0. The van der Waals surface area contributed by atoms with Gasteiger partial charge >= 0.3 is 0 Å². The van der Waals surface area contributed by atoms with Crippen molar-refractivity contribution in [2.45, 2.75) is 54.9 Å². The van der Waals surface area contributed by atoms with Crippen LogP contribution in [0.1, 0.15) is 54.9 Å². The Kier molecular flexibility index (Phi) is 4.30. The molecule has 2 unspecified atom stereocenters. The summed E-state index contributed by atoms with van der Waals surface area (Å²) in [5.74, 6) is 2.51. The van der Waals surface area contributed by atoms with Crippen LogP contribution in [-0.4, -0.2) is 0 Å². The van der Waals surface area contributed by atoms with Crippen molar-refractivity contribution in [2.75, 3.05) is 0 Å². The topological polar surface area (TPSA) is 0 Å². The minimum absolute atomic E-state index is 0.467. The molecule has 12 heavy (non-hydrogen) atoms. The summed E-state index contributed by atoms with van der Waals surface area (Å²) in [6, 6.07) is 0. The fourth-order valence-corrected chi connectivity index (χ4v) is 1.80. The van der Waals surface area contributed by atoms with Crippen molar-refractivity contribution >= 4 is 0 Å². The molecular weight excluding hydrogens is 144 g/mol. The predicted molar refractivity (Wildman–Crippen MR) is 57.2 cm³/mol. The van der Waals surface area contributed by atoms with Crippen LogP contribution in [0.15, 0.2) is 0 Å². The van der Waals surface area contributed by atoms with Crippen LogP contribution in [0.5, 0.6) is 0 Å². The number of hydrogen-bond donors (Lipinski definition) is 0. The van der Waals surface area contributed by atoms with Crippen LogP contribution in [0, 0.1) is 23.2 Å². The molecule has 2 atom stereocenters. The van der Waals surface area contributed by atoms with Gasteiger partial charge in [0.25, 0.3) is 0 Å². The molecule has 0 saturated carbocycles. The highest BCUT2D eigenvalue weighted by atomic mass is 14.3. The van der Waals surface area contributed by atoms with Crippen LogP contribution in [0.2, 0.25) is 0 Å². The Hall–Kier alpha value is 0. The standard InChI is InChI=1S/C12H26/c1-9(2)8-10(3)11(4)12(5,6)7/h9-11H,8H2,1-7H3. The molecule has 0 aromatic rings. The van der Waals surface area contributed by atoms with Crippen molar-refractivity contribution in [2.24, 2.45) is 23.2 Å². The monoisotopic (exact) mass is 170 g/mol. The van der Waals surface area contributed by atoms with E-state index in [0.717, 1.165) is 17.8 Å². The van der Waals surface area contributed by atoms with Gasteiger partial charge in [-0.2, -0.15) is 0 Å². The van der Waals surface area contributed by atoms with E-state index in [4.69, 9.17) is 0 Å². The highest BCUT2D eigenvalue weighted by Gasteiger charge is 2.25. The normalized spacial score (nSPS) is 18.0. The van der Waals surface area contributed by atoms with Gasteiger partial charge < -0.3 is 0 Å². The van der Waals surface area contributed by atoms with E-state index in [-0.39, 0.29) is 0 Å². The molecule has 0 bridgehead atoms. The molecule has 0 aliphatic carbocycles. The summed E-state index contributed by atoms with van der Waals surface area (Å²) in [6.45, 7) is 16.4. The molecule has 0 saturated heterocycles. The highest BCUT2D eigenvalue weighted by Crippen LogP contribution is 2.34. The Balaban J connectivity index is 4.01. The molecule has 0 heterocycles. The van der Waals surface area contributed by atoms with E-state index in [2.05, 4.69) is 48.5 Å². The highest BCUT2D eigenvalue weighted by molar-refractivity contribution is 4.75. The van der Waals surface area contributed by atoms with Gasteiger partial charge in [-0.3, -0.25) is 0 Å². The molecule has 0 amide bonds. The predicted octanol–water partition coefficient (Wildman–Crippen LogP) is 4.35. The maximum absolute atomic E-state index is 2.38. The van der Waals surface area contributed by atoms with E-state index in [1.807, 2.05) is 0 Å². The minimum Gasteiger partial charge on any atom is -0.0628 e. The first-order valence-electron chi connectivity index (χ1n) is 5.25. The lowest BCUT2D eigenvalue weighted by Crippen LogP contribution is -2.24. The van der Waals surface area contributed by atoms with Crippen LogP contribution in [0.4, 0.5) is 0 Å². The molecule has 0 N–H and O–H groups in total. The Bertz CT molecular complexity index is 116. The van der Waals surface area contributed by atoms with Gasteiger partial charge in [0.2, 0.25) is 0 Å². The summed E-state index contributed by atoms with van der Waals surface area (Å²) in [6.07, 6.45) is 1.36. The summed E-state index contributed by atoms with van der Waals surface area (Å²) in [5.41, 5.74) is 0.467. The molecule has 0 fully saturated rings. The SMILES string of the molecule is CC(C)CC(C)C(C)C(C)(C)C. The molecule has 0 aliphatic rings. The zero-order chi connectivity index (χ0) is 9.94. The summed E-state index contributed by atoms with van der Waals surface area (Å²) in [5, 5.41) is 0. The maximum atomic E-state index is 2.38. The van der Waals surface area contributed by atoms with Gasteiger partial charge in [0.15, 0.2) is 0 Å². The molecule has 0 spiro atoms. The van der Waals surface area contributed by atoms with Gasteiger partial charge in [-0.15, -0.1) is 0 Å². The van der Waals surface area contributed by atoms with Crippen molar-refractivity contribution in [1.82, 2.24) is 0 Å². The van der Waals surface area contributed by atoms with Gasteiger partial charge in [-0.05, 0) is 29.6 Å². The zero-order valence-corrected chi connectivity index (χ0v) is 9.94. The van der Waals surface area contributed by atoms with Crippen LogP contribution in [-0.2, 0) is 0 Å². The first kappa shape index (κ1) is 12.0. The van der Waals surface area contributed by atoms with Crippen LogP contribution < -0.4 is 0 Å². The van der Waals surface area contributed by atoms with E-state index >= 15 is 0 Å². The van der Waals surface area contributed by atoms with Gasteiger partial charge in [0.05, 0.1) is 0 Å². The average molecular weight is 170 g/mol. The van der Waals surface area contributed by atoms with Crippen molar-refractivity contribution in [3.63, 3.8) is 0 Å². The first-order chi connectivity index (χ1) is 5.25. The summed E-state index contributed by atoms with van der Waals surface area (Å²) in [7, 11) is 0. The third kappa shape index (κ3) is 4.13. The minimum atomic E-state index is 0.467. The lowest BCUT2D eigenvalue weighted by molar-refractivity contribution is 0.169. The molecule has 74 valence electrons. The van der Waals surface area contributed by atoms with Crippen molar-refractivity contribution < 1.29 is 0 Å². The summed E-state index contributed by atoms with van der Waals surface area (Å²) >= 11 is 0. The molecule has 0 aliphatic heterocycles. The Morgan fingerprint density at radius 2 is 1.33 bits per heavy atom. The fraction of sp³-hybridized carbons (Fsp3) is 1.00. The molecule has 0 rings (SSSR count). The lowest BCUT2D eigenvalue weighted by Gasteiger charge is -2.33. The van der Waals surface area contributed by atoms with Gasteiger partial charge in [-0.25, -0.2) is 0 Å². The third-order valence-electron chi connectivity index (χ3n) is 3.06. The largest absolute Gasteiger partial charge is 0.0628 e. The average Bonchev–Trinajstić information content (AvgIpc) is 1.82. The molecule has 0 heteroatoms. The van der Waals surface area contributed by atoms with Gasteiger partial charge in [0, 0.05) is 0 Å². The van der Waals surface area contributed by atoms with Crippen molar-refractivity contribution in [3.05, 3.63) is 0 Å². The second-order valence-electron chi connectivity index (χ2n) is 5.76. The molecular formula is C12H26. The van der Waals surface area contributed by atoms with E-state index in [9.17, 15) is 0 Å². The fourth-order valence-electron chi connectivity index (χ4n) is 1.80. The molecule has 0 aromatic carbocycles. The van der Waals surface area contributed by atoms with E-state index in [1.54, 1.807) is 0 Å². The van der Waals surface area contributed by atoms with E-state index in [0.29, 0.717) is 5.41 Å². The Morgan fingerprint density at radius 1 is 0.917 bits per heavy atom. The second-order valence-corrected chi connectivity index (χ2v) is 5.76. The first-order valence-corrected chi connectivity index (χ1v) is 5.25. The van der Waals surface area contributed by atoms with Crippen molar-refractivity contribution in [3.8, 4) is 0 Å². The quantitative estimate of drug-likeness (QED) is 0.590. The van der Waals surface area contributed by atoms with Crippen LogP contribution in [0.3, 0.4) is 0 Å². The van der Waals surface area contributed by atoms with Gasteiger partial charge in [-0.1, -0.05) is 48.5 Å². The van der Waals surface area contributed by atoms with E-state index in [1.165, 1.54) is 6.42 Å². The molecule has 0 radical (unpaired) electrons. The number of rotatable bonds is 3. The van der Waals surface area contributed by atoms with E-state index < -0.39 is 0 Å². The zero-order valence-electron chi connectivity index (χ0n) is 9.94. The smallest absolute Gasteiger partial charge is 0.0354 e. The van der Waals surface area contributed by atoms with Crippen molar-refractivity contribution in [1.29, 1.82) is 0 Å². The third-order valence-corrected chi connectivity index (χ3v) is 3.06. The van der Waals surface area contributed by atoms with Crippen LogP contribution >= 0.6 is 0 Å². The molecule has 0 nitrogen and oxygen atoms in total. The number of hydrogen-bond acceptors (Lipinski definition) is 0. The lowest BCUT2D eigenvalue weighted by atomic mass is 9.73. The maximum Gasteiger partial charge on any atom is -0.0354 e. The van der Waals surface area contributed by atoms with Crippen LogP contribution in [0.25, 0.3) is 0 Å². The molecule has 0 aromatic heterocycles. The summed E-state index contributed by atoms with van der Waals surface area (Å²) < 4.78 is 0. The second kappa shape index (κ2) is 4.30. The Labute approximate surface area is 78.8 Å². The Morgan fingerprint density at radius 3 is 1.58 bits per heavy atom. The van der Waals surface area contributed by atoms with Gasteiger partial charge in [0.1, 0.15) is 0 Å².